The monoisotopic (exact) mass is 274 g/mol. The van der Waals surface area contributed by atoms with E-state index in [1.807, 2.05) is 19.9 Å². The smallest absolute Gasteiger partial charge is 0.129 e. The number of thiazole rings is 1. The summed E-state index contributed by atoms with van der Waals surface area (Å²) >= 11 is 7.65. The molecule has 90 valence electrons. The Labute approximate surface area is 114 Å². The van der Waals surface area contributed by atoms with Crippen molar-refractivity contribution in [3.05, 3.63) is 46.3 Å². The maximum atomic E-state index is 5.93. The van der Waals surface area contributed by atoms with Crippen LogP contribution in [0.1, 0.15) is 10.7 Å². The van der Waals surface area contributed by atoms with Crippen LogP contribution in [0.4, 0.5) is 0 Å². The fourth-order valence-electron chi connectivity index (χ4n) is 2.05. The number of benzene rings is 1. The van der Waals surface area contributed by atoms with Crippen molar-refractivity contribution in [2.24, 2.45) is 0 Å². The number of aromatic nitrogens is 2. The number of aryl methyl sites for hydroxylation is 2. The molecule has 2 heterocycles. The molecular weight excluding hydrogens is 264 g/mol. The van der Waals surface area contributed by atoms with Crippen molar-refractivity contribution in [2.75, 3.05) is 0 Å². The maximum absolute atomic E-state index is 5.93. The third-order valence-corrected chi connectivity index (χ3v) is 4.18. The molecule has 0 bridgehead atoms. The van der Waals surface area contributed by atoms with Gasteiger partial charge in [-0.15, -0.1) is 11.3 Å². The van der Waals surface area contributed by atoms with Gasteiger partial charge < -0.3 is 0 Å². The highest BCUT2D eigenvalue weighted by Gasteiger charge is 2.08. The molecule has 1 aromatic carbocycles. The van der Waals surface area contributed by atoms with Crippen molar-refractivity contribution < 1.29 is 0 Å². The standard InChI is InChI=1S/C14H11ClN2S/c1-8-14(18-9(2)17-8)10-3-4-11-7-16-13(15)6-12(11)5-10/h3-7H,1-2H3. The van der Waals surface area contributed by atoms with Gasteiger partial charge in [0.2, 0.25) is 0 Å². The number of hydrogen-bond acceptors (Lipinski definition) is 3. The lowest BCUT2D eigenvalue weighted by Gasteiger charge is -2.02. The summed E-state index contributed by atoms with van der Waals surface area (Å²) in [7, 11) is 0. The SMILES string of the molecule is Cc1nc(C)c(-c2ccc3cnc(Cl)cc3c2)s1. The Morgan fingerprint density at radius 3 is 2.67 bits per heavy atom. The zero-order chi connectivity index (χ0) is 12.7. The predicted molar refractivity (Wildman–Crippen MR) is 77.3 cm³/mol. The van der Waals surface area contributed by atoms with E-state index in [-0.39, 0.29) is 0 Å². The molecule has 0 atom stereocenters. The van der Waals surface area contributed by atoms with E-state index in [9.17, 15) is 0 Å². The molecule has 0 saturated heterocycles. The van der Waals surface area contributed by atoms with Crippen LogP contribution in [-0.4, -0.2) is 9.97 Å². The molecule has 0 unspecified atom stereocenters. The van der Waals surface area contributed by atoms with Crippen LogP contribution in [0, 0.1) is 13.8 Å². The van der Waals surface area contributed by atoms with E-state index in [4.69, 9.17) is 11.6 Å². The summed E-state index contributed by atoms with van der Waals surface area (Å²) in [6, 6.07) is 8.22. The molecule has 0 spiro atoms. The van der Waals surface area contributed by atoms with Crippen LogP contribution in [0.15, 0.2) is 30.5 Å². The average molecular weight is 275 g/mol. The molecule has 0 amide bonds. The molecule has 0 radical (unpaired) electrons. The predicted octanol–water partition coefficient (Wildman–Crippen LogP) is 4.63. The van der Waals surface area contributed by atoms with Crippen LogP contribution in [0.2, 0.25) is 5.15 Å². The fourth-order valence-corrected chi connectivity index (χ4v) is 3.14. The lowest BCUT2D eigenvalue weighted by Crippen LogP contribution is -1.81. The Bertz CT molecular complexity index is 734. The highest BCUT2D eigenvalue weighted by Crippen LogP contribution is 2.32. The highest BCUT2D eigenvalue weighted by molar-refractivity contribution is 7.15. The topological polar surface area (TPSA) is 25.8 Å². The normalized spacial score (nSPS) is 11.1. The van der Waals surface area contributed by atoms with E-state index >= 15 is 0 Å². The summed E-state index contributed by atoms with van der Waals surface area (Å²) in [5.74, 6) is 0. The summed E-state index contributed by atoms with van der Waals surface area (Å²) in [5, 5.41) is 3.83. The van der Waals surface area contributed by atoms with Gasteiger partial charge in [0.15, 0.2) is 0 Å². The summed E-state index contributed by atoms with van der Waals surface area (Å²) < 4.78 is 0. The number of rotatable bonds is 1. The van der Waals surface area contributed by atoms with Crippen molar-refractivity contribution in [2.45, 2.75) is 13.8 Å². The van der Waals surface area contributed by atoms with Gasteiger partial charge in [0.05, 0.1) is 15.6 Å². The Kier molecular flexibility index (Phi) is 2.80. The molecule has 4 heteroatoms. The number of halogens is 1. The van der Waals surface area contributed by atoms with E-state index in [0.29, 0.717) is 5.15 Å². The summed E-state index contributed by atoms with van der Waals surface area (Å²) in [6.07, 6.45) is 1.80. The molecule has 0 aliphatic rings. The van der Waals surface area contributed by atoms with Crippen LogP contribution >= 0.6 is 22.9 Å². The van der Waals surface area contributed by atoms with Crippen LogP contribution in [0.5, 0.6) is 0 Å². The Hall–Kier alpha value is -1.45. The van der Waals surface area contributed by atoms with Gasteiger partial charge in [-0.3, -0.25) is 0 Å². The average Bonchev–Trinajstić information content (AvgIpc) is 2.67. The van der Waals surface area contributed by atoms with Gasteiger partial charge in [-0.1, -0.05) is 23.7 Å². The Morgan fingerprint density at radius 1 is 1.11 bits per heavy atom. The van der Waals surface area contributed by atoms with Crippen LogP contribution in [0.3, 0.4) is 0 Å². The first-order valence-corrected chi connectivity index (χ1v) is 6.82. The largest absolute Gasteiger partial charge is 0.246 e. The number of fused-ring (bicyclic) bond motifs is 1. The second kappa shape index (κ2) is 4.34. The maximum Gasteiger partial charge on any atom is 0.129 e. The zero-order valence-electron chi connectivity index (χ0n) is 10.1. The number of hydrogen-bond donors (Lipinski definition) is 0. The van der Waals surface area contributed by atoms with E-state index in [2.05, 4.69) is 28.2 Å². The third kappa shape index (κ3) is 2.00. The lowest BCUT2D eigenvalue weighted by atomic mass is 10.1. The highest BCUT2D eigenvalue weighted by atomic mass is 35.5. The van der Waals surface area contributed by atoms with Gasteiger partial charge in [0.1, 0.15) is 5.15 Å². The fraction of sp³-hybridized carbons (Fsp3) is 0.143. The molecule has 3 rings (SSSR count). The van der Waals surface area contributed by atoms with Gasteiger partial charge in [-0.25, -0.2) is 9.97 Å². The first-order valence-electron chi connectivity index (χ1n) is 5.63. The molecule has 3 aromatic rings. The number of pyridine rings is 1. The minimum absolute atomic E-state index is 0.525. The molecule has 0 saturated carbocycles. The van der Waals surface area contributed by atoms with E-state index in [1.54, 1.807) is 17.5 Å². The minimum Gasteiger partial charge on any atom is -0.246 e. The van der Waals surface area contributed by atoms with Gasteiger partial charge in [-0.2, -0.15) is 0 Å². The van der Waals surface area contributed by atoms with Crippen LogP contribution in [-0.2, 0) is 0 Å². The lowest BCUT2D eigenvalue weighted by molar-refractivity contribution is 1.20. The quantitative estimate of drug-likeness (QED) is 0.605. The molecule has 0 fully saturated rings. The van der Waals surface area contributed by atoms with Crippen molar-refractivity contribution >= 4 is 33.7 Å². The molecule has 0 N–H and O–H groups in total. The molecular formula is C14H11ClN2S. The minimum atomic E-state index is 0.525. The van der Waals surface area contributed by atoms with Crippen molar-refractivity contribution in [1.29, 1.82) is 0 Å². The molecule has 0 aliphatic heterocycles. The second-order valence-electron chi connectivity index (χ2n) is 4.22. The summed E-state index contributed by atoms with van der Waals surface area (Å²) in [4.78, 5) is 9.78. The Balaban J connectivity index is 2.21. The van der Waals surface area contributed by atoms with Crippen LogP contribution < -0.4 is 0 Å². The first-order chi connectivity index (χ1) is 8.63. The summed E-state index contributed by atoms with van der Waals surface area (Å²) in [5.41, 5.74) is 2.27. The number of nitrogens with zero attached hydrogens (tertiary/aromatic N) is 2. The van der Waals surface area contributed by atoms with Crippen molar-refractivity contribution in [3.8, 4) is 10.4 Å². The molecule has 18 heavy (non-hydrogen) atoms. The molecule has 2 aromatic heterocycles. The van der Waals surface area contributed by atoms with Crippen molar-refractivity contribution in [1.82, 2.24) is 9.97 Å². The zero-order valence-corrected chi connectivity index (χ0v) is 11.6. The summed E-state index contributed by atoms with van der Waals surface area (Å²) in [6.45, 7) is 4.07. The second-order valence-corrected chi connectivity index (χ2v) is 5.81. The van der Waals surface area contributed by atoms with E-state index in [1.165, 1.54) is 10.4 Å². The van der Waals surface area contributed by atoms with Gasteiger partial charge in [-0.05, 0) is 36.9 Å². The molecule has 2 nitrogen and oxygen atoms in total. The van der Waals surface area contributed by atoms with Crippen LogP contribution in [0.25, 0.3) is 21.2 Å². The Morgan fingerprint density at radius 2 is 1.94 bits per heavy atom. The van der Waals surface area contributed by atoms with Gasteiger partial charge >= 0.3 is 0 Å². The van der Waals surface area contributed by atoms with Crippen molar-refractivity contribution in [3.63, 3.8) is 0 Å². The van der Waals surface area contributed by atoms with Gasteiger partial charge in [0, 0.05) is 11.6 Å². The van der Waals surface area contributed by atoms with E-state index < -0.39 is 0 Å². The first kappa shape index (κ1) is 11.6. The third-order valence-electron chi connectivity index (χ3n) is 2.85. The molecule has 0 aliphatic carbocycles. The van der Waals surface area contributed by atoms with Gasteiger partial charge in [0.25, 0.3) is 0 Å². The van der Waals surface area contributed by atoms with E-state index in [0.717, 1.165) is 21.5 Å².